The fraction of sp³-hybridized carbons (Fsp3) is 0.0476. The van der Waals surface area contributed by atoms with E-state index < -0.39 is 0 Å². The smallest absolute Gasteiger partial charge is 0.165 e. The molecule has 0 saturated heterocycles. The van der Waals surface area contributed by atoms with E-state index in [1.54, 1.807) is 6.34 Å². The molecule has 0 amide bonds. The number of benzene rings is 3. The lowest BCUT2D eigenvalue weighted by atomic mass is 10.0. The maximum Gasteiger partial charge on any atom is 0.165 e. The van der Waals surface area contributed by atoms with E-state index in [1.807, 2.05) is 48.5 Å². The predicted octanol–water partition coefficient (Wildman–Crippen LogP) is 5.30. The molecule has 0 N–H and O–H groups in total. The third-order valence-corrected chi connectivity index (χ3v) is 4.39. The van der Waals surface area contributed by atoms with Gasteiger partial charge >= 0.3 is 0 Å². The summed E-state index contributed by atoms with van der Waals surface area (Å²) in [6.07, 6.45) is 1.33. The molecule has 3 nitrogen and oxygen atoms in total. The van der Waals surface area contributed by atoms with Crippen LogP contribution in [0.2, 0.25) is 0 Å². The third kappa shape index (κ3) is 3.32. The van der Waals surface area contributed by atoms with Crippen molar-refractivity contribution >= 4 is 24.0 Å². The Morgan fingerprint density at radius 3 is 1.88 bits per heavy atom. The van der Waals surface area contributed by atoms with Crippen LogP contribution in [0.1, 0.15) is 17.3 Å². The fourth-order valence-electron chi connectivity index (χ4n) is 2.81. The Balaban J connectivity index is 1.64. The zero-order valence-corrected chi connectivity index (χ0v) is 14.2. The lowest BCUT2D eigenvalue weighted by molar-refractivity contribution is 0.503. The number of hydrogen-bond acceptors (Lipinski definition) is 3. The van der Waals surface area contributed by atoms with Gasteiger partial charge in [0.1, 0.15) is 6.34 Å². The average molecular weight is 346 g/mol. The molecule has 1 heterocycles. The molecule has 4 rings (SSSR count). The van der Waals surface area contributed by atoms with Crippen LogP contribution >= 0.6 is 11.8 Å². The van der Waals surface area contributed by atoms with Gasteiger partial charge in [0.05, 0.1) is 0 Å². The van der Waals surface area contributed by atoms with Crippen LogP contribution in [0.25, 0.3) is 11.1 Å². The molecule has 0 aromatic heterocycles. The van der Waals surface area contributed by atoms with Crippen molar-refractivity contribution in [1.82, 2.24) is 4.42 Å². The standard InChI is InChI=1S/C21H16ClN3/c22-25-15-23-20(18-9-5-2-6-10-18)24-21(25)19-13-11-17(12-14-19)16-7-3-1-4-8-16/h1-15,21H. The highest BCUT2D eigenvalue weighted by Crippen LogP contribution is 2.29. The van der Waals surface area contributed by atoms with Gasteiger partial charge in [0.15, 0.2) is 12.0 Å². The van der Waals surface area contributed by atoms with Gasteiger partial charge in [-0.15, -0.1) is 0 Å². The number of nitrogens with zero attached hydrogens (tertiary/aromatic N) is 3. The molecule has 1 atom stereocenters. The number of aliphatic imine (C=N–C) groups is 2. The second-order valence-electron chi connectivity index (χ2n) is 5.77. The topological polar surface area (TPSA) is 28.0 Å². The van der Waals surface area contributed by atoms with Crippen LogP contribution in [0.3, 0.4) is 0 Å². The summed E-state index contributed by atoms with van der Waals surface area (Å²) in [5.41, 5.74) is 4.36. The highest BCUT2D eigenvalue weighted by Gasteiger charge is 2.21. The van der Waals surface area contributed by atoms with Gasteiger partial charge < -0.3 is 0 Å². The fourth-order valence-corrected chi connectivity index (χ4v) is 3.01. The maximum absolute atomic E-state index is 6.30. The van der Waals surface area contributed by atoms with Crippen LogP contribution in [-0.2, 0) is 0 Å². The normalized spacial score (nSPS) is 16.6. The van der Waals surface area contributed by atoms with E-state index >= 15 is 0 Å². The first-order valence-corrected chi connectivity index (χ1v) is 8.42. The Morgan fingerprint density at radius 2 is 1.24 bits per heavy atom. The molecule has 3 aromatic carbocycles. The van der Waals surface area contributed by atoms with Crippen molar-refractivity contribution in [3.05, 3.63) is 96.1 Å². The van der Waals surface area contributed by atoms with Crippen molar-refractivity contribution in [3.63, 3.8) is 0 Å². The average Bonchev–Trinajstić information content (AvgIpc) is 2.70. The molecule has 4 heteroatoms. The molecule has 0 bridgehead atoms. The minimum Gasteiger partial charge on any atom is -0.247 e. The zero-order valence-electron chi connectivity index (χ0n) is 13.5. The van der Waals surface area contributed by atoms with Gasteiger partial charge in [-0.2, -0.15) is 0 Å². The van der Waals surface area contributed by atoms with Gasteiger partial charge in [0, 0.05) is 17.3 Å². The van der Waals surface area contributed by atoms with E-state index in [0.717, 1.165) is 11.1 Å². The lowest BCUT2D eigenvalue weighted by Gasteiger charge is -2.24. The maximum atomic E-state index is 6.30. The predicted molar refractivity (Wildman–Crippen MR) is 104 cm³/mol. The molecule has 0 spiro atoms. The first-order valence-electron chi connectivity index (χ1n) is 8.08. The summed E-state index contributed by atoms with van der Waals surface area (Å²) >= 11 is 6.30. The molecule has 0 fully saturated rings. The van der Waals surface area contributed by atoms with E-state index in [4.69, 9.17) is 16.8 Å². The van der Waals surface area contributed by atoms with Gasteiger partial charge in [-0.1, -0.05) is 84.9 Å². The SMILES string of the molecule is ClN1C=NC(c2ccccc2)=NC1c1ccc(-c2ccccc2)cc1. The van der Waals surface area contributed by atoms with Gasteiger partial charge in [-0.25, -0.2) is 14.4 Å². The van der Waals surface area contributed by atoms with Gasteiger partial charge in [0.25, 0.3) is 0 Å². The number of hydrogen-bond donors (Lipinski definition) is 0. The Morgan fingerprint density at radius 1 is 0.680 bits per heavy atom. The molecule has 25 heavy (non-hydrogen) atoms. The van der Waals surface area contributed by atoms with Crippen LogP contribution in [0.15, 0.2) is 94.9 Å². The van der Waals surface area contributed by atoms with Crippen LogP contribution < -0.4 is 0 Å². The molecule has 1 aliphatic heterocycles. The van der Waals surface area contributed by atoms with E-state index in [9.17, 15) is 0 Å². The molecule has 122 valence electrons. The molecular weight excluding hydrogens is 330 g/mol. The van der Waals surface area contributed by atoms with Gasteiger partial charge in [0.2, 0.25) is 0 Å². The van der Waals surface area contributed by atoms with E-state index in [1.165, 1.54) is 15.5 Å². The van der Waals surface area contributed by atoms with Crippen molar-refractivity contribution in [2.45, 2.75) is 6.17 Å². The zero-order chi connectivity index (χ0) is 17.1. The number of amidine groups is 1. The molecule has 0 radical (unpaired) electrons. The van der Waals surface area contributed by atoms with E-state index in [2.05, 4.69) is 41.4 Å². The first kappa shape index (κ1) is 15.6. The second kappa shape index (κ2) is 6.91. The molecule has 1 aliphatic rings. The minimum atomic E-state index is -0.292. The first-order chi connectivity index (χ1) is 12.3. The quantitative estimate of drug-likeness (QED) is 0.592. The minimum absolute atomic E-state index is 0.292. The summed E-state index contributed by atoms with van der Waals surface area (Å²) in [6.45, 7) is 0. The van der Waals surface area contributed by atoms with Crippen LogP contribution in [0.4, 0.5) is 0 Å². The highest BCUT2D eigenvalue weighted by molar-refractivity contribution is 6.20. The van der Waals surface area contributed by atoms with Crippen molar-refractivity contribution in [2.75, 3.05) is 0 Å². The highest BCUT2D eigenvalue weighted by atomic mass is 35.5. The number of halogens is 1. The van der Waals surface area contributed by atoms with Crippen molar-refractivity contribution < 1.29 is 0 Å². The van der Waals surface area contributed by atoms with Crippen LogP contribution in [0.5, 0.6) is 0 Å². The summed E-state index contributed by atoms with van der Waals surface area (Å²) in [5, 5.41) is 0. The van der Waals surface area contributed by atoms with Crippen LogP contribution in [0, 0.1) is 0 Å². The summed E-state index contributed by atoms with van der Waals surface area (Å²) in [7, 11) is 0. The summed E-state index contributed by atoms with van der Waals surface area (Å²) in [5.74, 6) is 0.689. The Bertz CT molecular complexity index is 903. The molecule has 3 aromatic rings. The molecule has 0 aliphatic carbocycles. The Hall–Kier alpha value is -2.91. The molecule has 0 saturated carbocycles. The summed E-state index contributed by atoms with van der Waals surface area (Å²) in [4.78, 5) is 9.06. The van der Waals surface area contributed by atoms with E-state index in [0.29, 0.717) is 5.84 Å². The molecule has 1 unspecified atom stereocenters. The summed E-state index contributed by atoms with van der Waals surface area (Å²) in [6, 6.07) is 28.5. The third-order valence-electron chi connectivity index (χ3n) is 4.12. The largest absolute Gasteiger partial charge is 0.247 e. The van der Waals surface area contributed by atoms with Gasteiger partial charge in [-0.05, 0) is 16.7 Å². The second-order valence-corrected chi connectivity index (χ2v) is 6.16. The monoisotopic (exact) mass is 345 g/mol. The summed E-state index contributed by atoms with van der Waals surface area (Å²) < 4.78 is 1.50. The van der Waals surface area contributed by atoms with E-state index in [-0.39, 0.29) is 6.17 Å². The van der Waals surface area contributed by atoms with Crippen molar-refractivity contribution in [1.29, 1.82) is 0 Å². The van der Waals surface area contributed by atoms with Crippen molar-refractivity contribution in [3.8, 4) is 11.1 Å². The van der Waals surface area contributed by atoms with Crippen molar-refractivity contribution in [2.24, 2.45) is 9.98 Å². The lowest BCUT2D eigenvalue weighted by Crippen LogP contribution is -2.22. The Labute approximate surface area is 152 Å². The van der Waals surface area contributed by atoms with Gasteiger partial charge in [-0.3, -0.25) is 0 Å². The molecular formula is C21H16ClN3. The number of rotatable bonds is 3. The Kier molecular flexibility index (Phi) is 4.32. The van der Waals surface area contributed by atoms with Crippen LogP contribution in [-0.4, -0.2) is 16.6 Å².